The molecule has 1 aromatic heterocycles. The van der Waals surface area contributed by atoms with Crippen LogP contribution in [0.3, 0.4) is 0 Å². The van der Waals surface area contributed by atoms with Gasteiger partial charge < -0.3 is 5.73 Å². The van der Waals surface area contributed by atoms with Gasteiger partial charge in [-0.05, 0) is 34.5 Å². The van der Waals surface area contributed by atoms with Gasteiger partial charge in [0.2, 0.25) is 5.91 Å². The summed E-state index contributed by atoms with van der Waals surface area (Å²) in [4.78, 5) is 28.4. The van der Waals surface area contributed by atoms with Crippen LogP contribution in [-0.2, 0) is 4.79 Å². The summed E-state index contributed by atoms with van der Waals surface area (Å²) in [7, 11) is 0. The third kappa shape index (κ3) is 2.37. The van der Waals surface area contributed by atoms with E-state index in [1.54, 1.807) is 12.3 Å². The first-order valence-corrected chi connectivity index (χ1v) is 6.06. The number of hydrogen-bond donors (Lipinski definition) is 1. The Labute approximate surface area is 107 Å². The van der Waals surface area contributed by atoms with E-state index in [4.69, 9.17) is 5.73 Å². The van der Waals surface area contributed by atoms with Crippen LogP contribution in [0, 0.1) is 5.92 Å². The Hall–Kier alpha value is -1.27. The predicted molar refractivity (Wildman–Crippen MR) is 66.8 cm³/mol. The zero-order valence-corrected chi connectivity index (χ0v) is 10.7. The summed E-state index contributed by atoms with van der Waals surface area (Å²) in [6, 6.07) is 1.65. The molecule has 1 aliphatic rings. The molecule has 0 aromatic carbocycles. The highest BCUT2D eigenvalue weighted by Gasteiger charge is 2.31. The highest BCUT2D eigenvalue weighted by molar-refractivity contribution is 9.10. The first-order chi connectivity index (χ1) is 8.15. The van der Waals surface area contributed by atoms with Crippen LogP contribution in [0.25, 0.3) is 0 Å². The summed E-state index contributed by atoms with van der Waals surface area (Å²) in [6.45, 7) is 1.000. The van der Waals surface area contributed by atoms with E-state index in [0.29, 0.717) is 41.7 Å². The molecule has 0 radical (unpaired) electrons. The van der Waals surface area contributed by atoms with Crippen molar-refractivity contribution < 1.29 is 9.59 Å². The number of amides is 1. The van der Waals surface area contributed by atoms with Crippen molar-refractivity contribution in [1.82, 2.24) is 4.98 Å². The molecule has 90 valence electrons. The largest absolute Gasteiger partial charge is 0.330 e. The normalized spacial score (nSPS) is 19.8. The first kappa shape index (κ1) is 12.2. The van der Waals surface area contributed by atoms with Crippen molar-refractivity contribution in [2.75, 3.05) is 18.0 Å². The van der Waals surface area contributed by atoms with Gasteiger partial charge in [-0.25, -0.2) is 4.98 Å². The van der Waals surface area contributed by atoms with Gasteiger partial charge in [0.25, 0.3) is 0 Å². The van der Waals surface area contributed by atoms with E-state index in [0.717, 1.165) is 0 Å². The van der Waals surface area contributed by atoms with Crippen LogP contribution in [0.4, 0.5) is 5.82 Å². The van der Waals surface area contributed by atoms with Crippen LogP contribution in [0.2, 0.25) is 0 Å². The zero-order valence-electron chi connectivity index (χ0n) is 9.10. The lowest BCUT2D eigenvalue weighted by molar-refractivity contribution is -0.117. The minimum Gasteiger partial charge on any atom is -0.330 e. The number of rotatable bonds is 3. The van der Waals surface area contributed by atoms with Crippen LogP contribution in [0.1, 0.15) is 16.8 Å². The molecule has 0 bridgehead atoms. The van der Waals surface area contributed by atoms with Crippen molar-refractivity contribution in [2.45, 2.75) is 6.42 Å². The topological polar surface area (TPSA) is 76.3 Å². The summed E-state index contributed by atoms with van der Waals surface area (Å²) >= 11 is 3.24. The zero-order chi connectivity index (χ0) is 12.4. The third-order valence-electron chi connectivity index (χ3n) is 2.78. The summed E-state index contributed by atoms with van der Waals surface area (Å²) in [5.74, 6) is 0.537. The van der Waals surface area contributed by atoms with E-state index < -0.39 is 0 Å². The van der Waals surface area contributed by atoms with Gasteiger partial charge in [0.1, 0.15) is 5.82 Å². The molecule has 2 N–H and O–H groups in total. The molecule has 0 saturated carbocycles. The van der Waals surface area contributed by atoms with Crippen LogP contribution in [0.15, 0.2) is 16.7 Å². The Morgan fingerprint density at radius 2 is 2.41 bits per heavy atom. The van der Waals surface area contributed by atoms with E-state index in [1.165, 1.54) is 4.90 Å². The molecule has 2 heterocycles. The summed E-state index contributed by atoms with van der Waals surface area (Å²) in [5, 5.41) is 0. The fourth-order valence-corrected chi connectivity index (χ4v) is 2.25. The molecule has 0 spiro atoms. The summed E-state index contributed by atoms with van der Waals surface area (Å²) < 4.78 is 0.713. The number of carbonyl (C=O) groups excluding carboxylic acids is 2. The SMILES string of the molecule is NCC1CC(=O)N(c2ncc(Br)cc2C=O)C1. The number of halogens is 1. The number of nitrogens with zero attached hydrogens (tertiary/aromatic N) is 2. The number of hydrogen-bond acceptors (Lipinski definition) is 4. The van der Waals surface area contributed by atoms with Crippen molar-refractivity contribution in [1.29, 1.82) is 0 Å². The highest BCUT2D eigenvalue weighted by atomic mass is 79.9. The summed E-state index contributed by atoms with van der Waals surface area (Å²) in [6.07, 6.45) is 2.70. The molecule has 2 rings (SSSR count). The van der Waals surface area contributed by atoms with Crippen molar-refractivity contribution in [3.8, 4) is 0 Å². The van der Waals surface area contributed by atoms with Gasteiger partial charge >= 0.3 is 0 Å². The lowest BCUT2D eigenvalue weighted by Crippen LogP contribution is -2.27. The average molecular weight is 298 g/mol. The van der Waals surface area contributed by atoms with Crippen molar-refractivity contribution in [2.24, 2.45) is 11.7 Å². The van der Waals surface area contributed by atoms with E-state index >= 15 is 0 Å². The molecule has 1 aliphatic heterocycles. The standard InChI is InChI=1S/C11H12BrN3O2/c12-9-2-8(6-16)11(14-4-9)15-5-7(3-13)1-10(15)17/h2,4,6-7H,1,3,5,13H2. The number of aromatic nitrogens is 1. The number of aldehydes is 1. The molecule has 17 heavy (non-hydrogen) atoms. The van der Waals surface area contributed by atoms with Crippen LogP contribution in [0.5, 0.6) is 0 Å². The molecular weight excluding hydrogens is 286 g/mol. The van der Waals surface area contributed by atoms with Gasteiger partial charge in [-0.1, -0.05) is 0 Å². The maximum absolute atomic E-state index is 11.8. The molecule has 1 fully saturated rings. The second kappa shape index (κ2) is 4.93. The molecular formula is C11H12BrN3O2. The molecule has 1 atom stereocenters. The minimum atomic E-state index is -0.0293. The lowest BCUT2D eigenvalue weighted by atomic mass is 10.1. The van der Waals surface area contributed by atoms with Crippen LogP contribution in [-0.4, -0.2) is 30.3 Å². The Morgan fingerprint density at radius 1 is 1.65 bits per heavy atom. The second-order valence-corrected chi connectivity index (χ2v) is 4.91. The maximum Gasteiger partial charge on any atom is 0.228 e. The molecule has 5 nitrogen and oxygen atoms in total. The number of anilines is 1. The lowest BCUT2D eigenvalue weighted by Gasteiger charge is -2.17. The Kier molecular flexibility index (Phi) is 3.54. The minimum absolute atomic E-state index is 0.0293. The highest BCUT2D eigenvalue weighted by Crippen LogP contribution is 2.26. The Morgan fingerprint density at radius 3 is 3.00 bits per heavy atom. The molecule has 6 heteroatoms. The van der Waals surface area contributed by atoms with E-state index in [2.05, 4.69) is 20.9 Å². The maximum atomic E-state index is 11.8. The molecule has 0 aliphatic carbocycles. The Bertz CT molecular complexity index is 464. The van der Waals surface area contributed by atoms with Gasteiger partial charge in [-0.15, -0.1) is 0 Å². The van der Waals surface area contributed by atoms with E-state index in [9.17, 15) is 9.59 Å². The van der Waals surface area contributed by atoms with Crippen molar-refractivity contribution in [3.63, 3.8) is 0 Å². The van der Waals surface area contributed by atoms with Gasteiger partial charge in [0, 0.05) is 23.6 Å². The molecule has 1 unspecified atom stereocenters. The van der Waals surface area contributed by atoms with Gasteiger partial charge in [-0.2, -0.15) is 0 Å². The summed E-state index contributed by atoms with van der Waals surface area (Å²) in [5.41, 5.74) is 5.96. The van der Waals surface area contributed by atoms with Crippen molar-refractivity contribution in [3.05, 3.63) is 22.3 Å². The number of carbonyl (C=O) groups is 2. The van der Waals surface area contributed by atoms with E-state index in [-0.39, 0.29) is 11.8 Å². The Balaban J connectivity index is 2.34. The smallest absolute Gasteiger partial charge is 0.228 e. The second-order valence-electron chi connectivity index (χ2n) is 3.99. The fraction of sp³-hybridized carbons (Fsp3) is 0.364. The molecule has 1 aromatic rings. The van der Waals surface area contributed by atoms with Crippen molar-refractivity contribution >= 4 is 33.9 Å². The number of pyridine rings is 1. The fourth-order valence-electron chi connectivity index (χ4n) is 1.90. The molecule has 1 saturated heterocycles. The van der Waals surface area contributed by atoms with E-state index in [1.807, 2.05) is 0 Å². The van der Waals surface area contributed by atoms with Gasteiger partial charge in [-0.3, -0.25) is 14.5 Å². The first-order valence-electron chi connectivity index (χ1n) is 5.27. The number of nitrogens with two attached hydrogens (primary N) is 1. The van der Waals surface area contributed by atoms with Gasteiger partial charge in [0.15, 0.2) is 6.29 Å². The van der Waals surface area contributed by atoms with Crippen LogP contribution < -0.4 is 10.6 Å². The van der Waals surface area contributed by atoms with Crippen LogP contribution >= 0.6 is 15.9 Å². The van der Waals surface area contributed by atoms with Gasteiger partial charge in [0.05, 0.1) is 5.56 Å². The predicted octanol–water partition coefficient (Wildman–Crippen LogP) is 0.968. The molecule has 1 amide bonds. The monoisotopic (exact) mass is 297 g/mol. The average Bonchev–Trinajstić information content (AvgIpc) is 2.70. The third-order valence-corrected chi connectivity index (χ3v) is 3.22. The quantitative estimate of drug-likeness (QED) is 0.844.